The molecule has 0 saturated carbocycles. The van der Waals surface area contributed by atoms with Crippen LogP contribution in [0.4, 0.5) is 4.39 Å². The van der Waals surface area contributed by atoms with Gasteiger partial charge in [0, 0.05) is 0 Å². The van der Waals surface area contributed by atoms with Crippen LogP contribution >= 0.6 is 0 Å². The summed E-state index contributed by atoms with van der Waals surface area (Å²) >= 11 is 0. The number of nitrogens with two attached hydrogens (primary N) is 1. The molecule has 2 unspecified atom stereocenters. The Balaban J connectivity index is 3.28. The fourth-order valence-electron chi connectivity index (χ4n) is 2.09. The van der Waals surface area contributed by atoms with Crippen molar-refractivity contribution >= 4 is 0 Å². The van der Waals surface area contributed by atoms with E-state index in [4.69, 9.17) is 15.2 Å². The molecule has 1 rings (SSSR count). The molecule has 0 saturated heterocycles. The molecule has 0 bridgehead atoms. The molecule has 0 amide bonds. The van der Waals surface area contributed by atoms with Crippen molar-refractivity contribution < 1.29 is 13.9 Å². The Hall–Kier alpha value is -1.29. The molecule has 0 aliphatic heterocycles. The number of alkyl halides is 1. The number of halogens is 1. The van der Waals surface area contributed by atoms with E-state index in [1.54, 1.807) is 20.3 Å². The van der Waals surface area contributed by atoms with Gasteiger partial charge in [-0.15, -0.1) is 0 Å². The zero-order valence-electron chi connectivity index (χ0n) is 11.5. The predicted octanol–water partition coefficient (Wildman–Crippen LogP) is 3.19. The quantitative estimate of drug-likeness (QED) is 0.849. The zero-order chi connectivity index (χ0) is 13.7. The minimum absolute atomic E-state index is 0.197. The van der Waals surface area contributed by atoms with Crippen molar-refractivity contribution in [1.82, 2.24) is 0 Å². The van der Waals surface area contributed by atoms with Crippen LogP contribution in [0.5, 0.6) is 11.5 Å². The van der Waals surface area contributed by atoms with E-state index in [-0.39, 0.29) is 5.92 Å². The summed E-state index contributed by atoms with van der Waals surface area (Å²) in [6.07, 6.45) is -0.227. The summed E-state index contributed by atoms with van der Waals surface area (Å²) in [6.45, 7) is 4.15. The molecule has 2 atom stereocenters. The molecule has 18 heavy (non-hydrogen) atoms. The van der Waals surface area contributed by atoms with Crippen molar-refractivity contribution in [3.05, 3.63) is 23.3 Å². The molecule has 3 nitrogen and oxygen atoms in total. The van der Waals surface area contributed by atoms with Gasteiger partial charge in [0.25, 0.3) is 0 Å². The fourth-order valence-corrected chi connectivity index (χ4v) is 2.09. The van der Waals surface area contributed by atoms with E-state index < -0.39 is 6.17 Å². The highest BCUT2D eigenvalue weighted by Gasteiger charge is 2.19. The summed E-state index contributed by atoms with van der Waals surface area (Å²) in [4.78, 5) is 0. The maximum atomic E-state index is 13.7. The van der Waals surface area contributed by atoms with Crippen LogP contribution in [0.15, 0.2) is 12.1 Å². The largest absolute Gasteiger partial charge is 0.493 e. The Bertz CT molecular complexity index is 394. The van der Waals surface area contributed by atoms with Gasteiger partial charge in [-0.1, -0.05) is 6.92 Å². The average Bonchev–Trinajstić information content (AvgIpc) is 2.37. The van der Waals surface area contributed by atoms with Crippen molar-refractivity contribution in [2.24, 2.45) is 5.73 Å². The second-order valence-corrected chi connectivity index (χ2v) is 4.43. The van der Waals surface area contributed by atoms with Crippen LogP contribution in [0.3, 0.4) is 0 Å². The van der Waals surface area contributed by atoms with Gasteiger partial charge >= 0.3 is 0 Å². The molecule has 0 aliphatic carbocycles. The van der Waals surface area contributed by atoms with Gasteiger partial charge < -0.3 is 15.2 Å². The molecule has 4 heteroatoms. The van der Waals surface area contributed by atoms with Gasteiger partial charge in [-0.25, -0.2) is 4.39 Å². The van der Waals surface area contributed by atoms with Crippen molar-refractivity contribution in [1.29, 1.82) is 0 Å². The van der Waals surface area contributed by atoms with Gasteiger partial charge in [-0.05, 0) is 49.1 Å². The summed E-state index contributed by atoms with van der Waals surface area (Å²) in [7, 11) is 3.13. The Morgan fingerprint density at radius 1 is 1.11 bits per heavy atom. The first-order chi connectivity index (χ1) is 8.54. The third-order valence-corrected chi connectivity index (χ3v) is 3.15. The topological polar surface area (TPSA) is 44.5 Å². The highest BCUT2D eigenvalue weighted by Crippen LogP contribution is 2.38. The summed E-state index contributed by atoms with van der Waals surface area (Å²) in [5.41, 5.74) is 7.15. The lowest BCUT2D eigenvalue weighted by Gasteiger charge is -2.20. The average molecular weight is 255 g/mol. The first-order valence-corrected chi connectivity index (χ1v) is 6.15. The number of ether oxygens (including phenoxy) is 2. The molecule has 0 aromatic heterocycles. The second kappa shape index (κ2) is 6.59. The van der Waals surface area contributed by atoms with Crippen LogP contribution in [-0.2, 0) is 0 Å². The predicted molar refractivity (Wildman–Crippen MR) is 71.2 cm³/mol. The fraction of sp³-hybridized carbons (Fsp3) is 0.571. The molecule has 0 fully saturated rings. The van der Waals surface area contributed by atoms with Gasteiger partial charge in [-0.2, -0.15) is 0 Å². The highest BCUT2D eigenvalue weighted by atomic mass is 19.1. The first-order valence-electron chi connectivity index (χ1n) is 6.15. The van der Waals surface area contributed by atoms with Crippen molar-refractivity contribution in [3.63, 3.8) is 0 Å². The molecule has 0 spiro atoms. The minimum atomic E-state index is -1.04. The summed E-state index contributed by atoms with van der Waals surface area (Å²) in [5.74, 6) is 1.38. The molecule has 0 heterocycles. The Morgan fingerprint density at radius 3 is 2.00 bits per heavy atom. The normalized spacial score (nSPS) is 14.1. The number of rotatable bonds is 6. The van der Waals surface area contributed by atoms with E-state index >= 15 is 0 Å². The highest BCUT2D eigenvalue weighted by molar-refractivity contribution is 5.49. The summed E-state index contributed by atoms with van der Waals surface area (Å²) < 4.78 is 24.2. The van der Waals surface area contributed by atoms with Crippen LogP contribution in [-0.4, -0.2) is 20.8 Å². The third kappa shape index (κ3) is 3.13. The maximum Gasteiger partial charge on any atom is 0.161 e. The van der Waals surface area contributed by atoms with Crippen LogP contribution < -0.4 is 15.2 Å². The van der Waals surface area contributed by atoms with Crippen LogP contribution in [0.25, 0.3) is 0 Å². The van der Waals surface area contributed by atoms with Gasteiger partial charge in [0.15, 0.2) is 11.5 Å². The molecule has 2 N–H and O–H groups in total. The van der Waals surface area contributed by atoms with E-state index in [2.05, 4.69) is 0 Å². The molecule has 102 valence electrons. The maximum absolute atomic E-state index is 13.7. The van der Waals surface area contributed by atoms with Crippen molar-refractivity contribution in [2.75, 3.05) is 20.8 Å². The molecule has 0 aliphatic rings. The lowest BCUT2D eigenvalue weighted by molar-refractivity contribution is 0.344. The molecular formula is C14H22FNO2. The number of hydrogen-bond acceptors (Lipinski definition) is 3. The molecular weight excluding hydrogens is 233 g/mol. The summed E-state index contributed by atoms with van der Waals surface area (Å²) in [5, 5.41) is 0. The van der Waals surface area contributed by atoms with Crippen LogP contribution in [0.2, 0.25) is 0 Å². The zero-order valence-corrected chi connectivity index (χ0v) is 11.5. The van der Waals surface area contributed by atoms with Gasteiger partial charge in [0.1, 0.15) is 6.17 Å². The SMILES string of the molecule is COc1cc(C(C)F)c(C(C)CCN)cc1OC. The minimum Gasteiger partial charge on any atom is -0.493 e. The van der Waals surface area contributed by atoms with E-state index in [9.17, 15) is 4.39 Å². The van der Waals surface area contributed by atoms with E-state index in [1.165, 1.54) is 6.92 Å². The van der Waals surface area contributed by atoms with Crippen molar-refractivity contribution in [3.8, 4) is 11.5 Å². The number of methoxy groups -OCH3 is 2. The monoisotopic (exact) mass is 255 g/mol. The van der Waals surface area contributed by atoms with Crippen LogP contribution in [0, 0.1) is 0 Å². The van der Waals surface area contributed by atoms with E-state index in [0.717, 1.165) is 12.0 Å². The third-order valence-electron chi connectivity index (χ3n) is 3.15. The summed E-state index contributed by atoms with van der Waals surface area (Å²) in [6, 6.07) is 3.57. The second-order valence-electron chi connectivity index (χ2n) is 4.43. The van der Waals surface area contributed by atoms with Gasteiger partial charge in [0.2, 0.25) is 0 Å². The van der Waals surface area contributed by atoms with Crippen LogP contribution in [0.1, 0.15) is 43.5 Å². The molecule has 0 radical (unpaired) electrons. The number of hydrogen-bond donors (Lipinski definition) is 1. The van der Waals surface area contributed by atoms with Crippen molar-refractivity contribution in [2.45, 2.75) is 32.4 Å². The van der Waals surface area contributed by atoms with Gasteiger partial charge in [0.05, 0.1) is 14.2 Å². The lowest BCUT2D eigenvalue weighted by atomic mass is 9.91. The number of benzene rings is 1. The van der Waals surface area contributed by atoms with E-state index in [0.29, 0.717) is 23.6 Å². The Kier molecular flexibility index (Phi) is 5.41. The lowest BCUT2D eigenvalue weighted by Crippen LogP contribution is -2.08. The Labute approximate surface area is 108 Å². The first kappa shape index (κ1) is 14.8. The van der Waals surface area contributed by atoms with E-state index in [1.807, 2.05) is 13.0 Å². The van der Waals surface area contributed by atoms with Gasteiger partial charge in [-0.3, -0.25) is 0 Å². The Morgan fingerprint density at radius 2 is 1.61 bits per heavy atom. The molecule has 1 aromatic carbocycles. The standard InChI is InChI=1S/C14H22FNO2/c1-9(5-6-16)11-7-13(17-3)14(18-4)8-12(11)10(2)15/h7-10H,5-6,16H2,1-4H3. The molecule has 1 aromatic rings. The smallest absolute Gasteiger partial charge is 0.161 e.